The molecular formula is C2H2BrOY+2. The molecule has 0 aliphatic heterocycles. The van der Waals surface area contributed by atoms with Gasteiger partial charge in [0, 0.05) is 0 Å². The van der Waals surface area contributed by atoms with Crippen molar-refractivity contribution in [2.75, 3.05) is 5.33 Å². The normalized spacial score (nSPS) is 5.00. The van der Waals surface area contributed by atoms with Crippen molar-refractivity contribution in [1.29, 1.82) is 0 Å². The van der Waals surface area contributed by atoms with Gasteiger partial charge < -0.3 is 4.79 Å². The molecule has 5 heavy (non-hydrogen) atoms. The largest absolute Gasteiger partial charge is 3.00 e. The minimum atomic E-state index is 0. The summed E-state index contributed by atoms with van der Waals surface area (Å²) < 4.78 is 0. The second kappa shape index (κ2) is 8.98. The Hall–Kier alpha value is 1.25. The first-order chi connectivity index (χ1) is 1.91. The number of hydrogen-bond acceptors (Lipinski definition) is 1. The number of carbonyl (C=O) groups excluding carboxylic acids is 1. The molecule has 0 fully saturated rings. The van der Waals surface area contributed by atoms with E-state index in [2.05, 4.69) is 15.9 Å². The molecule has 0 aliphatic carbocycles. The van der Waals surface area contributed by atoms with Crippen molar-refractivity contribution in [3.63, 3.8) is 0 Å². The average Bonchev–Trinajstić information content (AvgIpc) is 1.37. The molecule has 0 saturated carbocycles. The Labute approximate surface area is 64.5 Å². The van der Waals surface area contributed by atoms with Crippen LogP contribution in [0.25, 0.3) is 0 Å². The summed E-state index contributed by atoms with van der Waals surface area (Å²) >= 11 is 2.82. The number of halogens is 1. The Morgan fingerprint density at radius 2 is 2.00 bits per heavy atom. The quantitative estimate of drug-likeness (QED) is 0.455. The molecule has 0 atom stereocenters. The fourth-order valence-electron chi connectivity index (χ4n) is 0. The second-order valence-corrected chi connectivity index (χ2v) is 0.839. The van der Waals surface area contributed by atoms with Crippen LogP contribution >= 0.6 is 15.9 Å². The van der Waals surface area contributed by atoms with Crippen molar-refractivity contribution in [2.45, 2.75) is 0 Å². The molecule has 0 bridgehead atoms. The van der Waals surface area contributed by atoms with Crippen LogP contribution in [-0.4, -0.2) is 11.6 Å². The molecule has 3 heteroatoms. The maximum Gasteiger partial charge on any atom is 3.00 e. The van der Waals surface area contributed by atoms with Gasteiger partial charge in [-0.1, -0.05) is 5.33 Å². The summed E-state index contributed by atoms with van der Waals surface area (Å²) in [5.41, 5.74) is 0. The summed E-state index contributed by atoms with van der Waals surface area (Å²) in [7, 11) is 0. The van der Waals surface area contributed by atoms with Crippen LogP contribution in [0, 0.1) is 0 Å². The second-order valence-electron chi connectivity index (χ2n) is 0.278. The molecular weight excluding hydrogens is 209 g/mol. The van der Waals surface area contributed by atoms with Gasteiger partial charge in [-0.15, -0.1) is 15.9 Å². The van der Waals surface area contributed by atoms with Crippen LogP contribution in [0.4, 0.5) is 0 Å². The van der Waals surface area contributed by atoms with Gasteiger partial charge in [0.1, 0.15) is 0 Å². The molecule has 0 aromatic rings. The van der Waals surface area contributed by atoms with Gasteiger partial charge in [0.15, 0.2) is 0 Å². The minimum Gasteiger partial charge on any atom is -0.541 e. The molecule has 0 N–H and O–H groups in total. The van der Waals surface area contributed by atoms with Gasteiger partial charge in [0.05, 0.1) is 0 Å². The fraction of sp³-hybridized carbons (Fsp3) is 0.500. The van der Waals surface area contributed by atoms with Crippen molar-refractivity contribution < 1.29 is 37.5 Å². The SMILES string of the molecule is O=[C-]CBr.[Y+3]. The van der Waals surface area contributed by atoms with Crippen molar-refractivity contribution in [3.05, 3.63) is 0 Å². The Morgan fingerprint density at radius 1 is 1.80 bits per heavy atom. The minimum absolute atomic E-state index is 0. The topological polar surface area (TPSA) is 17.1 Å². The van der Waals surface area contributed by atoms with E-state index in [1.807, 2.05) is 0 Å². The molecule has 0 radical (unpaired) electrons. The van der Waals surface area contributed by atoms with Crippen molar-refractivity contribution in [3.8, 4) is 0 Å². The van der Waals surface area contributed by atoms with Crippen LogP contribution in [0.15, 0.2) is 0 Å². The van der Waals surface area contributed by atoms with E-state index in [1.165, 1.54) is 0 Å². The van der Waals surface area contributed by atoms with Crippen LogP contribution in [0.3, 0.4) is 0 Å². The van der Waals surface area contributed by atoms with E-state index >= 15 is 0 Å². The van der Waals surface area contributed by atoms with Crippen LogP contribution in [0.2, 0.25) is 0 Å². The van der Waals surface area contributed by atoms with Gasteiger partial charge in [-0.05, 0) is 0 Å². The smallest absolute Gasteiger partial charge is 0.541 e. The zero-order valence-electron chi connectivity index (χ0n) is 2.57. The first-order valence-corrected chi connectivity index (χ1v) is 1.95. The molecule has 0 aliphatic rings. The number of rotatable bonds is 1. The molecule has 0 saturated heterocycles. The molecule has 0 rings (SSSR count). The van der Waals surface area contributed by atoms with E-state index in [-0.39, 0.29) is 32.7 Å². The summed E-state index contributed by atoms with van der Waals surface area (Å²) in [5.74, 6) is 0. The number of hydrogen-bond donors (Lipinski definition) is 0. The molecule has 0 heterocycles. The maximum atomic E-state index is 9.00. The van der Waals surface area contributed by atoms with E-state index < -0.39 is 0 Å². The Morgan fingerprint density at radius 3 is 2.00 bits per heavy atom. The van der Waals surface area contributed by atoms with E-state index in [0.29, 0.717) is 5.33 Å². The molecule has 0 aromatic carbocycles. The third-order valence-corrected chi connectivity index (χ3v) is 0.283. The summed E-state index contributed by atoms with van der Waals surface area (Å²) in [4.78, 5) is 9.00. The van der Waals surface area contributed by atoms with E-state index in [9.17, 15) is 0 Å². The Bertz CT molecular complexity index is 23.6. The van der Waals surface area contributed by atoms with Crippen LogP contribution < -0.4 is 0 Å². The zero-order valence-corrected chi connectivity index (χ0v) is 6.99. The summed E-state index contributed by atoms with van der Waals surface area (Å²) in [6, 6.07) is 0. The van der Waals surface area contributed by atoms with E-state index in [1.54, 1.807) is 6.29 Å². The van der Waals surface area contributed by atoms with Gasteiger partial charge >= 0.3 is 32.7 Å². The fourth-order valence-corrected chi connectivity index (χ4v) is 0. The van der Waals surface area contributed by atoms with Gasteiger partial charge in [-0.2, -0.15) is 0 Å². The number of alkyl halides is 1. The molecule has 0 amide bonds. The standard InChI is InChI=1S/C2H2BrO.Y/c3-1-2-4;/h1H2;/q-1;+3. The van der Waals surface area contributed by atoms with E-state index in [4.69, 9.17) is 4.79 Å². The Balaban J connectivity index is 0. The van der Waals surface area contributed by atoms with Crippen molar-refractivity contribution in [1.82, 2.24) is 0 Å². The summed E-state index contributed by atoms with van der Waals surface area (Å²) in [5, 5.41) is 0.326. The maximum absolute atomic E-state index is 9.00. The first-order valence-electron chi connectivity index (χ1n) is 0.825. The van der Waals surface area contributed by atoms with E-state index in [0.717, 1.165) is 0 Å². The molecule has 0 spiro atoms. The molecule has 1 nitrogen and oxygen atoms in total. The van der Waals surface area contributed by atoms with Crippen LogP contribution in [0.1, 0.15) is 0 Å². The average molecular weight is 211 g/mol. The van der Waals surface area contributed by atoms with Gasteiger partial charge in [0.25, 0.3) is 0 Å². The predicted octanol–water partition coefficient (Wildman–Crippen LogP) is 0.488. The third-order valence-electron chi connectivity index (χ3n) is 0.0546. The summed E-state index contributed by atoms with van der Waals surface area (Å²) in [6.45, 7) is 0. The molecule has 0 aromatic heterocycles. The molecule has 24 valence electrons. The first kappa shape index (κ1) is 9.54. The van der Waals surface area contributed by atoms with Crippen LogP contribution in [-0.2, 0) is 37.5 Å². The molecule has 0 unspecified atom stereocenters. The van der Waals surface area contributed by atoms with Gasteiger partial charge in [0.2, 0.25) is 0 Å². The Kier molecular flexibility index (Phi) is 17.1. The van der Waals surface area contributed by atoms with Crippen molar-refractivity contribution >= 4 is 22.2 Å². The van der Waals surface area contributed by atoms with Crippen LogP contribution in [0.5, 0.6) is 0 Å². The van der Waals surface area contributed by atoms with Gasteiger partial charge in [-0.25, -0.2) is 0 Å². The monoisotopic (exact) mass is 210 g/mol. The zero-order chi connectivity index (χ0) is 3.41. The van der Waals surface area contributed by atoms with Crippen molar-refractivity contribution in [2.24, 2.45) is 0 Å². The summed E-state index contributed by atoms with van der Waals surface area (Å²) in [6.07, 6.45) is 1.60. The van der Waals surface area contributed by atoms with Gasteiger partial charge in [-0.3, -0.25) is 6.29 Å². The predicted molar refractivity (Wildman–Crippen MR) is 19.5 cm³/mol. The third kappa shape index (κ3) is 11.0.